The van der Waals surface area contributed by atoms with Crippen LogP contribution < -0.4 is 10.6 Å². The van der Waals surface area contributed by atoms with E-state index in [2.05, 4.69) is 31.4 Å². The van der Waals surface area contributed by atoms with Gasteiger partial charge in [-0.3, -0.25) is 4.99 Å². The zero-order chi connectivity index (χ0) is 16.9. The molecule has 24 heavy (non-hydrogen) atoms. The molecule has 1 saturated heterocycles. The molecule has 0 aromatic rings. The molecule has 2 N–H and O–H groups in total. The molecule has 1 saturated carbocycles. The van der Waals surface area contributed by atoms with E-state index in [1.54, 1.807) is 0 Å². The van der Waals surface area contributed by atoms with E-state index in [0.29, 0.717) is 35.9 Å². The molecule has 7 heteroatoms. The van der Waals surface area contributed by atoms with Gasteiger partial charge in [0.15, 0.2) is 15.8 Å². The molecular formula is C17H34IN3O2S. The lowest BCUT2D eigenvalue weighted by atomic mass is 9.86. The smallest absolute Gasteiger partial charge is 0.191 e. The number of hydrogen-bond acceptors (Lipinski definition) is 3. The fourth-order valence-corrected chi connectivity index (χ4v) is 5.27. The molecule has 2 aliphatic rings. The summed E-state index contributed by atoms with van der Waals surface area (Å²) in [6, 6.07) is 0.481. The second kappa shape index (κ2) is 10.2. The van der Waals surface area contributed by atoms with Gasteiger partial charge in [0.1, 0.15) is 0 Å². The van der Waals surface area contributed by atoms with Gasteiger partial charge in [0.2, 0.25) is 0 Å². The van der Waals surface area contributed by atoms with E-state index in [1.165, 1.54) is 25.7 Å². The van der Waals surface area contributed by atoms with Crippen molar-refractivity contribution in [3.63, 3.8) is 0 Å². The summed E-state index contributed by atoms with van der Waals surface area (Å²) in [7, 11) is -2.81. The van der Waals surface area contributed by atoms with Crippen molar-refractivity contribution in [2.24, 2.45) is 22.7 Å². The Kier molecular flexibility index (Phi) is 9.33. The van der Waals surface area contributed by atoms with E-state index >= 15 is 0 Å². The topological polar surface area (TPSA) is 70.6 Å². The monoisotopic (exact) mass is 471 g/mol. The number of halogens is 1. The Bertz CT molecular complexity index is 508. The first kappa shape index (κ1) is 22.0. The van der Waals surface area contributed by atoms with Crippen LogP contribution in [-0.4, -0.2) is 45.0 Å². The molecule has 2 fully saturated rings. The number of nitrogens with zero attached hydrogens (tertiary/aromatic N) is 1. The highest BCUT2D eigenvalue weighted by Crippen LogP contribution is 2.23. The number of nitrogens with one attached hydrogen (secondary N) is 2. The van der Waals surface area contributed by atoms with E-state index in [0.717, 1.165) is 18.9 Å². The molecule has 0 spiro atoms. The fourth-order valence-electron chi connectivity index (χ4n) is 3.41. The van der Waals surface area contributed by atoms with Crippen LogP contribution >= 0.6 is 24.0 Å². The van der Waals surface area contributed by atoms with Crippen molar-refractivity contribution in [3.05, 3.63) is 0 Å². The van der Waals surface area contributed by atoms with Crippen LogP contribution in [-0.2, 0) is 9.84 Å². The summed E-state index contributed by atoms with van der Waals surface area (Å²) < 4.78 is 23.2. The molecule has 0 amide bonds. The normalized spacial score (nSPS) is 30.0. The van der Waals surface area contributed by atoms with Crippen molar-refractivity contribution >= 4 is 39.8 Å². The van der Waals surface area contributed by atoms with Gasteiger partial charge in [0.05, 0.1) is 11.5 Å². The van der Waals surface area contributed by atoms with Crippen molar-refractivity contribution in [3.8, 4) is 0 Å². The molecule has 0 aromatic heterocycles. The maximum absolute atomic E-state index is 11.6. The van der Waals surface area contributed by atoms with Crippen molar-refractivity contribution < 1.29 is 8.42 Å². The summed E-state index contributed by atoms with van der Waals surface area (Å²) in [5.74, 6) is 2.92. The lowest BCUT2D eigenvalue weighted by Crippen LogP contribution is -2.48. The van der Waals surface area contributed by atoms with Crippen LogP contribution in [0.3, 0.4) is 0 Å². The Morgan fingerprint density at radius 3 is 2.50 bits per heavy atom. The number of rotatable bonds is 5. The number of aliphatic imine (C=N–C) groups is 1. The number of sulfone groups is 1. The van der Waals surface area contributed by atoms with Crippen LogP contribution in [0.1, 0.15) is 52.9 Å². The first-order chi connectivity index (χ1) is 10.9. The zero-order valence-corrected chi connectivity index (χ0v) is 18.4. The molecule has 3 atom stereocenters. The van der Waals surface area contributed by atoms with Gasteiger partial charge in [-0.05, 0) is 37.0 Å². The van der Waals surface area contributed by atoms with Crippen LogP contribution in [0.25, 0.3) is 0 Å². The summed E-state index contributed by atoms with van der Waals surface area (Å²) in [5, 5.41) is 6.99. The van der Waals surface area contributed by atoms with Gasteiger partial charge in [-0.25, -0.2) is 8.42 Å². The number of hydrogen-bond donors (Lipinski definition) is 2. The van der Waals surface area contributed by atoms with Crippen LogP contribution in [0.2, 0.25) is 0 Å². The van der Waals surface area contributed by atoms with E-state index in [-0.39, 0.29) is 29.9 Å². The summed E-state index contributed by atoms with van der Waals surface area (Å²) in [6.45, 7) is 8.12. The third-order valence-electron chi connectivity index (χ3n) is 4.93. The van der Waals surface area contributed by atoms with Gasteiger partial charge >= 0.3 is 0 Å². The minimum Gasteiger partial charge on any atom is -0.356 e. The molecule has 1 heterocycles. The van der Waals surface area contributed by atoms with Crippen LogP contribution in [0, 0.1) is 17.8 Å². The Morgan fingerprint density at radius 2 is 1.92 bits per heavy atom. The maximum Gasteiger partial charge on any atom is 0.191 e. The summed E-state index contributed by atoms with van der Waals surface area (Å²) in [6.07, 6.45) is 5.84. The van der Waals surface area contributed by atoms with E-state index < -0.39 is 9.84 Å². The molecule has 0 radical (unpaired) electrons. The van der Waals surface area contributed by atoms with Crippen molar-refractivity contribution in [1.82, 2.24) is 10.6 Å². The molecule has 0 aromatic carbocycles. The SMILES string of the molecule is CC(C)CN=C(NCC1CCS(=O)(=O)C1)NC1CCCCC1C.I. The second-order valence-corrected chi connectivity index (χ2v) is 9.97. The largest absolute Gasteiger partial charge is 0.356 e. The predicted molar refractivity (Wildman–Crippen MR) is 112 cm³/mol. The van der Waals surface area contributed by atoms with Crippen molar-refractivity contribution in [2.45, 2.75) is 58.9 Å². The van der Waals surface area contributed by atoms with Crippen LogP contribution in [0.15, 0.2) is 4.99 Å². The van der Waals surface area contributed by atoms with Crippen molar-refractivity contribution in [2.75, 3.05) is 24.6 Å². The summed E-state index contributed by atoms with van der Waals surface area (Å²) in [4.78, 5) is 4.69. The minimum absolute atomic E-state index is 0. The van der Waals surface area contributed by atoms with Crippen molar-refractivity contribution in [1.29, 1.82) is 0 Å². The zero-order valence-electron chi connectivity index (χ0n) is 15.3. The number of guanidine groups is 1. The first-order valence-corrected chi connectivity index (χ1v) is 10.9. The maximum atomic E-state index is 11.6. The lowest BCUT2D eigenvalue weighted by Gasteiger charge is -2.31. The standard InChI is InChI=1S/C17H33N3O2S.HI/c1-13(2)10-18-17(20-16-7-5-4-6-14(16)3)19-11-15-8-9-23(21,22)12-15;/h13-16H,4-12H2,1-3H3,(H2,18,19,20);1H. The van der Waals surface area contributed by atoms with Gasteiger partial charge in [-0.2, -0.15) is 0 Å². The lowest BCUT2D eigenvalue weighted by molar-refractivity contribution is 0.306. The van der Waals surface area contributed by atoms with Crippen LogP contribution in [0.5, 0.6) is 0 Å². The molecule has 5 nitrogen and oxygen atoms in total. The molecule has 3 unspecified atom stereocenters. The molecule has 1 aliphatic carbocycles. The Morgan fingerprint density at radius 1 is 1.21 bits per heavy atom. The van der Waals surface area contributed by atoms with Gasteiger partial charge in [-0.15, -0.1) is 24.0 Å². The Balaban J connectivity index is 0.00000288. The molecule has 142 valence electrons. The Labute approximate surface area is 164 Å². The average molecular weight is 471 g/mol. The third-order valence-corrected chi connectivity index (χ3v) is 6.77. The van der Waals surface area contributed by atoms with E-state index in [1.807, 2.05) is 0 Å². The summed E-state index contributed by atoms with van der Waals surface area (Å²) >= 11 is 0. The van der Waals surface area contributed by atoms with Gasteiger partial charge in [0, 0.05) is 19.1 Å². The fraction of sp³-hybridized carbons (Fsp3) is 0.941. The predicted octanol–water partition coefficient (Wildman–Crippen LogP) is 2.81. The molecule has 2 rings (SSSR count). The van der Waals surface area contributed by atoms with Gasteiger partial charge < -0.3 is 10.6 Å². The van der Waals surface area contributed by atoms with Crippen LogP contribution in [0.4, 0.5) is 0 Å². The highest BCUT2D eigenvalue weighted by molar-refractivity contribution is 14.0. The second-order valence-electron chi connectivity index (χ2n) is 7.75. The van der Waals surface area contributed by atoms with Gasteiger partial charge in [0.25, 0.3) is 0 Å². The first-order valence-electron chi connectivity index (χ1n) is 9.11. The molecule has 0 bridgehead atoms. The minimum atomic E-state index is -2.81. The average Bonchev–Trinajstić information content (AvgIpc) is 2.83. The summed E-state index contributed by atoms with van der Waals surface area (Å²) in [5.41, 5.74) is 0. The van der Waals surface area contributed by atoms with E-state index in [4.69, 9.17) is 4.99 Å². The van der Waals surface area contributed by atoms with E-state index in [9.17, 15) is 8.42 Å². The highest BCUT2D eigenvalue weighted by Gasteiger charge is 2.28. The quantitative estimate of drug-likeness (QED) is 0.368. The molecule has 1 aliphatic heterocycles. The molecular weight excluding hydrogens is 437 g/mol. The van der Waals surface area contributed by atoms with Gasteiger partial charge in [-0.1, -0.05) is 33.6 Å². The Hall–Kier alpha value is -0.0500. The third kappa shape index (κ3) is 7.45. The highest BCUT2D eigenvalue weighted by atomic mass is 127.